The summed E-state index contributed by atoms with van der Waals surface area (Å²) >= 11 is 4.90. The number of carbonyl (C=O) groups is 1. The fourth-order valence-corrected chi connectivity index (χ4v) is 4.44. The van der Waals surface area contributed by atoms with Crippen molar-refractivity contribution in [3.63, 3.8) is 0 Å². The number of aromatic nitrogens is 2. The van der Waals surface area contributed by atoms with Gasteiger partial charge in [0.1, 0.15) is 18.9 Å². The van der Waals surface area contributed by atoms with Gasteiger partial charge in [0, 0.05) is 23.0 Å². The minimum atomic E-state index is -0.246. The summed E-state index contributed by atoms with van der Waals surface area (Å²) < 4.78 is 12.8. The molecule has 0 saturated heterocycles. The molecule has 0 fully saturated rings. The zero-order chi connectivity index (χ0) is 17.7. The van der Waals surface area contributed by atoms with Crippen LogP contribution >= 0.6 is 27.3 Å². The summed E-state index contributed by atoms with van der Waals surface area (Å²) in [6.45, 7) is 1.07. The molecule has 6 nitrogen and oxygen atoms in total. The van der Waals surface area contributed by atoms with Crippen LogP contribution in [0.5, 0.6) is 11.5 Å². The molecule has 2 aromatic carbocycles. The molecule has 5 rings (SSSR count). The first-order valence-electron chi connectivity index (χ1n) is 7.97. The van der Waals surface area contributed by atoms with Crippen LogP contribution in [0, 0.1) is 0 Å². The summed E-state index contributed by atoms with van der Waals surface area (Å²) in [4.78, 5) is 20.3. The topological polar surface area (TPSA) is 76.2 Å². The van der Waals surface area contributed by atoms with Gasteiger partial charge in [-0.05, 0) is 22.0 Å². The fraction of sp³-hybridized carbons (Fsp3) is 0.111. The third-order valence-corrected chi connectivity index (χ3v) is 5.90. The number of nitrogens with one attached hydrogen (secondary N) is 2. The second kappa shape index (κ2) is 6.00. The molecule has 0 bridgehead atoms. The van der Waals surface area contributed by atoms with Crippen molar-refractivity contribution in [1.29, 1.82) is 0 Å². The number of hydrogen-bond acceptors (Lipinski definition) is 5. The molecule has 1 amide bonds. The normalized spacial score (nSPS) is 13.3. The van der Waals surface area contributed by atoms with Gasteiger partial charge in [-0.3, -0.25) is 10.1 Å². The number of H-pyrrole nitrogens is 1. The lowest BCUT2D eigenvalue weighted by Gasteiger charge is -2.17. The van der Waals surface area contributed by atoms with Gasteiger partial charge in [0.05, 0.1) is 14.7 Å². The van der Waals surface area contributed by atoms with Crippen LogP contribution < -0.4 is 14.8 Å². The lowest BCUT2D eigenvalue weighted by Crippen LogP contribution is -2.15. The number of nitrogens with zero attached hydrogens (tertiary/aromatic N) is 1. The SMILES string of the molecule is O=C(Nc1nc2cc3c(cc2s1)OCCO3)c1[nH]c2ccccc2c1Br. The molecule has 1 aliphatic rings. The van der Waals surface area contributed by atoms with E-state index >= 15 is 0 Å². The van der Waals surface area contributed by atoms with Crippen molar-refractivity contribution in [1.82, 2.24) is 9.97 Å². The van der Waals surface area contributed by atoms with E-state index in [1.165, 1.54) is 11.3 Å². The summed E-state index contributed by atoms with van der Waals surface area (Å²) in [5.74, 6) is 1.15. The number of hydrogen-bond donors (Lipinski definition) is 2. The molecule has 130 valence electrons. The lowest BCUT2D eigenvalue weighted by atomic mass is 10.2. The molecule has 2 aromatic heterocycles. The van der Waals surface area contributed by atoms with E-state index in [0.29, 0.717) is 35.5 Å². The van der Waals surface area contributed by atoms with Gasteiger partial charge in [-0.2, -0.15) is 0 Å². The first-order chi connectivity index (χ1) is 12.7. The number of thiazole rings is 1. The van der Waals surface area contributed by atoms with Crippen molar-refractivity contribution in [2.45, 2.75) is 0 Å². The molecule has 1 aliphatic heterocycles. The number of carbonyl (C=O) groups excluding carboxylic acids is 1. The highest BCUT2D eigenvalue weighted by Gasteiger charge is 2.19. The molecular weight excluding hydrogens is 418 g/mol. The maximum Gasteiger partial charge on any atom is 0.275 e. The van der Waals surface area contributed by atoms with Gasteiger partial charge in [-0.25, -0.2) is 4.98 Å². The lowest BCUT2D eigenvalue weighted by molar-refractivity contribution is 0.102. The molecule has 0 unspecified atom stereocenters. The predicted molar refractivity (Wildman–Crippen MR) is 105 cm³/mol. The van der Waals surface area contributed by atoms with Crippen molar-refractivity contribution < 1.29 is 14.3 Å². The Labute approximate surface area is 160 Å². The molecular formula is C18H12BrN3O3S. The van der Waals surface area contributed by atoms with Crippen molar-refractivity contribution in [3.8, 4) is 11.5 Å². The number of rotatable bonds is 2. The summed E-state index contributed by atoms with van der Waals surface area (Å²) in [6, 6.07) is 11.5. The number of benzene rings is 2. The van der Waals surface area contributed by atoms with E-state index < -0.39 is 0 Å². The molecule has 0 saturated carbocycles. The number of ether oxygens (including phenoxy) is 2. The van der Waals surface area contributed by atoms with Crippen LogP contribution in [0.2, 0.25) is 0 Å². The van der Waals surface area contributed by atoms with Crippen LogP contribution in [0.3, 0.4) is 0 Å². The van der Waals surface area contributed by atoms with Crippen molar-refractivity contribution in [3.05, 3.63) is 46.6 Å². The Hall–Kier alpha value is -2.58. The van der Waals surface area contributed by atoms with Gasteiger partial charge in [-0.15, -0.1) is 0 Å². The van der Waals surface area contributed by atoms with E-state index in [1.807, 2.05) is 36.4 Å². The molecule has 4 aromatic rings. The van der Waals surface area contributed by atoms with E-state index in [-0.39, 0.29) is 5.91 Å². The average Bonchev–Trinajstić information content (AvgIpc) is 3.20. The van der Waals surface area contributed by atoms with Crippen LogP contribution in [0.4, 0.5) is 5.13 Å². The smallest absolute Gasteiger partial charge is 0.275 e. The molecule has 2 N–H and O–H groups in total. The van der Waals surface area contributed by atoms with Crippen molar-refractivity contribution in [2.75, 3.05) is 18.5 Å². The van der Waals surface area contributed by atoms with E-state index in [9.17, 15) is 4.79 Å². The number of anilines is 1. The molecule has 8 heteroatoms. The van der Waals surface area contributed by atoms with E-state index in [2.05, 4.69) is 31.2 Å². The Morgan fingerprint density at radius 3 is 2.77 bits per heavy atom. The Kier molecular flexibility index (Phi) is 3.61. The predicted octanol–water partition coefficient (Wildman–Crippen LogP) is 4.56. The number of fused-ring (bicyclic) bond motifs is 3. The molecule has 0 spiro atoms. The van der Waals surface area contributed by atoms with Crippen LogP contribution in [-0.2, 0) is 0 Å². The van der Waals surface area contributed by atoms with Crippen LogP contribution in [0.1, 0.15) is 10.5 Å². The summed E-state index contributed by atoms with van der Waals surface area (Å²) in [5, 5.41) is 4.35. The third kappa shape index (κ3) is 2.53. The second-order valence-corrected chi connectivity index (χ2v) is 7.62. The average molecular weight is 430 g/mol. The highest BCUT2D eigenvalue weighted by Crippen LogP contribution is 2.38. The van der Waals surface area contributed by atoms with Gasteiger partial charge in [0.25, 0.3) is 5.91 Å². The first-order valence-corrected chi connectivity index (χ1v) is 9.58. The largest absolute Gasteiger partial charge is 0.486 e. The molecule has 3 heterocycles. The number of aromatic amines is 1. The van der Waals surface area contributed by atoms with Crippen molar-refractivity contribution in [2.24, 2.45) is 0 Å². The maximum atomic E-state index is 12.7. The third-order valence-electron chi connectivity index (χ3n) is 4.14. The number of halogens is 1. The summed E-state index contributed by atoms with van der Waals surface area (Å²) in [5.41, 5.74) is 2.14. The highest BCUT2D eigenvalue weighted by atomic mass is 79.9. The van der Waals surface area contributed by atoms with Gasteiger partial charge in [0.15, 0.2) is 16.6 Å². The molecule has 26 heavy (non-hydrogen) atoms. The van der Waals surface area contributed by atoms with Gasteiger partial charge in [-0.1, -0.05) is 29.5 Å². The van der Waals surface area contributed by atoms with Crippen LogP contribution in [0.15, 0.2) is 40.9 Å². The van der Waals surface area contributed by atoms with E-state index in [0.717, 1.165) is 25.6 Å². The maximum absolute atomic E-state index is 12.7. The zero-order valence-electron chi connectivity index (χ0n) is 13.3. The van der Waals surface area contributed by atoms with Crippen LogP contribution in [-0.4, -0.2) is 29.1 Å². The number of amides is 1. The summed E-state index contributed by atoms with van der Waals surface area (Å²) in [6.07, 6.45) is 0. The Morgan fingerprint density at radius 1 is 1.19 bits per heavy atom. The zero-order valence-corrected chi connectivity index (χ0v) is 15.7. The second-order valence-electron chi connectivity index (χ2n) is 5.80. The van der Waals surface area contributed by atoms with E-state index in [1.54, 1.807) is 0 Å². The highest BCUT2D eigenvalue weighted by molar-refractivity contribution is 9.10. The minimum Gasteiger partial charge on any atom is -0.486 e. The quantitative estimate of drug-likeness (QED) is 0.489. The van der Waals surface area contributed by atoms with Crippen LogP contribution in [0.25, 0.3) is 21.1 Å². The van der Waals surface area contributed by atoms with Crippen molar-refractivity contribution >= 4 is 59.4 Å². The Balaban J connectivity index is 1.48. The molecule has 0 radical (unpaired) electrons. The standard InChI is InChI=1S/C18H12BrN3O3S/c19-15-9-3-1-2-4-10(9)20-16(15)17(23)22-18-21-11-7-12-13(8-14(11)26-18)25-6-5-24-12/h1-4,7-8,20H,5-6H2,(H,21,22,23). The summed E-state index contributed by atoms with van der Waals surface area (Å²) in [7, 11) is 0. The first kappa shape index (κ1) is 15.7. The Morgan fingerprint density at radius 2 is 1.96 bits per heavy atom. The monoisotopic (exact) mass is 429 g/mol. The molecule has 0 aliphatic carbocycles. The Bertz CT molecular complexity index is 1120. The fourth-order valence-electron chi connectivity index (χ4n) is 2.94. The minimum absolute atomic E-state index is 0.246. The van der Waals surface area contributed by atoms with Gasteiger partial charge >= 0.3 is 0 Å². The van der Waals surface area contributed by atoms with E-state index in [4.69, 9.17) is 9.47 Å². The van der Waals surface area contributed by atoms with Gasteiger partial charge < -0.3 is 14.5 Å². The molecule has 0 atom stereocenters. The number of para-hydroxylation sites is 1. The van der Waals surface area contributed by atoms with Gasteiger partial charge in [0.2, 0.25) is 0 Å².